The monoisotopic (exact) mass is 384 g/mol. The third kappa shape index (κ3) is 3.37. The summed E-state index contributed by atoms with van der Waals surface area (Å²) >= 11 is 8.87. The molecule has 0 nitrogen and oxygen atoms in total. The van der Waals surface area contributed by atoms with Crippen LogP contribution in [0.15, 0.2) is 36.4 Å². The first-order valence-electron chi connectivity index (χ1n) is 5.66. The molecule has 1 atom stereocenters. The van der Waals surface area contributed by atoms with Gasteiger partial charge in [0.05, 0.1) is 10.4 Å². The predicted octanol–water partition coefficient (Wildman–Crippen LogP) is 6.12. The zero-order valence-electron chi connectivity index (χ0n) is 10.2. The maximum absolute atomic E-state index is 13.3. The lowest BCUT2D eigenvalue weighted by Gasteiger charge is -2.18. The Morgan fingerprint density at radius 3 is 2.14 bits per heavy atom. The van der Waals surface area contributed by atoms with Crippen LogP contribution in [0, 0.1) is 11.6 Å². The number of rotatable bonds is 2. The lowest BCUT2D eigenvalue weighted by atomic mass is 9.99. The molecule has 0 aromatic heterocycles. The lowest BCUT2D eigenvalue weighted by Crippen LogP contribution is -2.10. The van der Waals surface area contributed by atoms with E-state index in [1.807, 2.05) is 0 Å². The van der Waals surface area contributed by atoms with Gasteiger partial charge in [0.15, 0.2) is 11.6 Å². The summed E-state index contributed by atoms with van der Waals surface area (Å²) in [4.78, 5) is -1.02. The molecule has 2 aromatic rings. The van der Waals surface area contributed by atoms with Gasteiger partial charge < -0.3 is 0 Å². The van der Waals surface area contributed by atoms with Crippen LogP contribution in [0.1, 0.15) is 21.5 Å². The minimum absolute atomic E-state index is 0.0206. The number of halogens is 7. The molecule has 0 aliphatic carbocycles. The summed E-state index contributed by atoms with van der Waals surface area (Å²) in [6, 6.07) is 6.35. The molecule has 2 rings (SSSR count). The van der Waals surface area contributed by atoms with E-state index in [9.17, 15) is 22.0 Å². The quantitative estimate of drug-likeness (QED) is 0.332. The summed E-state index contributed by atoms with van der Waals surface area (Å²) in [5.41, 5.74) is -0.974. The Balaban J connectivity index is 2.56. The van der Waals surface area contributed by atoms with Gasteiger partial charge in [0, 0.05) is 5.02 Å². The molecule has 0 amide bonds. The van der Waals surface area contributed by atoms with Crippen LogP contribution in [0.2, 0.25) is 5.02 Å². The fourth-order valence-electron chi connectivity index (χ4n) is 1.88. The van der Waals surface area contributed by atoms with Crippen LogP contribution in [-0.4, -0.2) is 0 Å². The molecule has 0 bridgehead atoms. The van der Waals surface area contributed by atoms with Crippen molar-refractivity contribution in [1.82, 2.24) is 0 Å². The van der Waals surface area contributed by atoms with Gasteiger partial charge in [0.2, 0.25) is 0 Å². The Kier molecular flexibility index (Phi) is 4.58. The van der Waals surface area contributed by atoms with Crippen LogP contribution in [0.4, 0.5) is 22.0 Å². The Labute approximate surface area is 130 Å². The molecule has 0 aliphatic heterocycles. The topological polar surface area (TPSA) is 0 Å². The maximum atomic E-state index is 13.3. The molecular weight excluding hydrogens is 379 g/mol. The van der Waals surface area contributed by atoms with Crippen molar-refractivity contribution in [3.05, 3.63) is 69.7 Å². The van der Waals surface area contributed by atoms with Gasteiger partial charge in [-0.3, -0.25) is 0 Å². The van der Waals surface area contributed by atoms with E-state index < -0.39 is 28.2 Å². The second-order valence-corrected chi connectivity index (χ2v) is 5.56. The predicted molar refractivity (Wildman–Crippen MR) is 73.6 cm³/mol. The van der Waals surface area contributed by atoms with E-state index in [2.05, 4.69) is 15.9 Å². The molecule has 21 heavy (non-hydrogen) atoms. The van der Waals surface area contributed by atoms with Gasteiger partial charge in [-0.15, -0.1) is 0 Å². The molecule has 2 aromatic carbocycles. The Morgan fingerprint density at radius 1 is 0.952 bits per heavy atom. The summed E-state index contributed by atoms with van der Waals surface area (Å²) in [6.07, 6.45) is -4.56. The second kappa shape index (κ2) is 5.93. The van der Waals surface area contributed by atoms with Gasteiger partial charge in [0.1, 0.15) is 0 Å². The molecule has 0 saturated carbocycles. The van der Waals surface area contributed by atoms with E-state index in [1.165, 1.54) is 18.2 Å². The van der Waals surface area contributed by atoms with Gasteiger partial charge in [-0.25, -0.2) is 8.78 Å². The molecule has 0 fully saturated rings. The highest BCUT2D eigenvalue weighted by molar-refractivity contribution is 9.09. The van der Waals surface area contributed by atoms with Crippen molar-refractivity contribution < 1.29 is 22.0 Å². The smallest absolute Gasteiger partial charge is 0.204 e. The van der Waals surface area contributed by atoms with Crippen LogP contribution >= 0.6 is 27.5 Å². The molecule has 0 heterocycles. The molecule has 112 valence electrons. The average Bonchev–Trinajstić information content (AvgIpc) is 2.41. The summed E-state index contributed by atoms with van der Waals surface area (Å²) in [7, 11) is 0. The van der Waals surface area contributed by atoms with Crippen molar-refractivity contribution in [1.29, 1.82) is 0 Å². The van der Waals surface area contributed by atoms with E-state index >= 15 is 0 Å². The van der Waals surface area contributed by atoms with Crippen LogP contribution in [0.25, 0.3) is 0 Å². The van der Waals surface area contributed by atoms with Crippen molar-refractivity contribution in [2.45, 2.75) is 11.0 Å². The molecule has 0 spiro atoms. The largest absolute Gasteiger partial charge is 0.416 e. The fraction of sp³-hybridized carbons (Fsp3) is 0.143. The Bertz CT molecular complexity index is 669. The minimum atomic E-state index is -4.56. The molecular formula is C14H7BrClF5. The Morgan fingerprint density at radius 2 is 1.52 bits per heavy atom. The van der Waals surface area contributed by atoms with Crippen molar-refractivity contribution in [2.24, 2.45) is 0 Å². The van der Waals surface area contributed by atoms with E-state index in [-0.39, 0.29) is 16.1 Å². The average molecular weight is 386 g/mol. The van der Waals surface area contributed by atoms with E-state index in [0.717, 1.165) is 18.2 Å². The number of benzene rings is 2. The first-order chi connectivity index (χ1) is 9.71. The van der Waals surface area contributed by atoms with E-state index in [1.54, 1.807) is 0 Å². The van der Waals surface area contributed by atoms with Crippen molar-refractivity contribution >= 4 is 27.5 Å². The van der Waals surface area contributed by atoms with Crippen molar-refractivity contribution in [3.63, 3.8) is 0 Å². The third-order valence-corrected chi connectivity index (χ3v) is 4.17. The molecule has 7 heteroatoms. The molecule has 1 unspecified atom stereocenters. The normalized spacial score (nSPS) is 13.3. The summed E-state index contributed by atoms with van der Waals surface area (Å²) in [5, 5.41) is -0.159. The fourth-order valence-corrected chi connectivity index (χ4v) is 3.05. The number of hydrogen-bond acceptors (Lipinski definition) is 0. The maximum Gasteiger partial charge on any atom is 0.416 e. The van der Waals surface area contributed by atoms with E-state index in [0.29, 0.717) is 0 Å². The SMILES string of the molecule is Fc1cc(Cl)c(C(Br)c2ccccc2C(F)(F)F)cc1F. The lowest BCUT2D eigenvalue weighted by molar-refractivity contribution is -0.138. The van der Waals surface area contributed by atoms with Crippen LogP contribution in [0.3, 0.4) is 0 Å². The number of alkyl halides is 4. The zero-order valence-corrected chi connectivity index (χ0v) is 12.5. The van der Waals surface area contributed by atoms with Gasteiger partial charge in [0.25, 0.3) is 0 Å². The van der Waals surface area contributed by atoms with Crippen molar-refractivity contribution in [2.75, 3.05) is 0 Å². The highest BCUT2D eigenvalue weighted by Gasteiger charge is 2.35. The molecule has 0 radical (unpaired) electrons. The third-order valence-electron chi connectivity index (χ3n) is 2.85. The van der Waals surface area contributed by atoms with Gasteiger partial charge in [-0.2, -0.15) is 13.2 Å². The zero-order chi connectivity index (χ0) is 15.8. The first kappa shape index (κ1) is 16.2. The summed E-state index contributed by atoms with van der Waals surface area (Å²) in [5.74, 6) is -2.34. The standard InChI is InChI=1S/C14H7BrClF5/c15-13(8-5-11(17)12(18)6-10(8)16)7-3-1-2-4-9(7)14(19,20)21/h1-6,13H. The summed E-state index contributed by atoms with van der Waals surface area (Å²) < 4.78 is 65.3. The minimum Gasteiger partial charge on any atom is -0.204 e. The highest BCUT2D eigenvalue weighted by atomic mass is 79.9. The first-order valence-corrected chi connectivity index (χ1v) is 6.96. The second-order valence-electron chi connectivity index (χ2n) is 4.24. The summed E-state index contributed by atoms with van der Waals surface area (Å²) in [6.45, 7) is 0. The van der Waals surface area contributed by atoms with Gasteiger partial charge in [-0.05, 0) is 29.3 Å². The molecule has 0 N–H and O–H groups in total. The van der Waals surface area contributed by atoms with Gasteiger partial charge in [-0.1, -0.05) is 45.7 Å². The van der Waals surface area contributed by atoms with Gasteiger partial charge >= 0.3 is 6.18 Å². The van der Waals surface area contributed by atoms with Crippen LogP contribution in [-0.2, 0) is 6.18 Å². The van der Waals surface area contributed by atoms with Crippen LogP contribution in [0.5, 0.6) is 0 Å². The Hall–Kier alpha value is -1.14. The van der Waals surface area contributed by atoms with Crippen molar-refractivity contribution in [3.8, 4) is 0 Å². The van der Waals surface area contributed by atoms with E-state index in [4.69, 9.17) is 11.6 Å². The molecule has 0 saturated heterocycles. The molecule has 0 aliphatic rings. The van der Waals surface area contributed by atoms with Crippen LogP contribution < -0.4 is 0 Å². The highest BCUT2D eigenvalue weighted by Crippen LogP contribution is 2.42. The number of hydrogen-bond donors (Lipinski definition) is 0.